The Morgan fingerprint density at radius 1 is 1.25 bits per heavy atom. The second-order valence-corrected chi connectivity index (χ2v) is 5.70. The number of nitrogen functional groups attached to an aromatic ring is 1. The van der Waals surface area contributed by atoms with Gasteiger partial charge < -0.3 is 5.73 Å². The standard InChI is InChI=1S/C10H13FN2O2S/c11-8-3-4-9(12)10(7-8)16(14,15)13-5-1-2-6-13/h3-4,7H,1-2,5-6,12H2. The summed E-state index contributed by atoms with van der Waals surface area (Å²) in [7, 11) is -3.62. The molecule has 2 rings (SSSR count). The largest absolute Gasteiger partial charge is 0.398 e. The van der Waals surface area contributed by atoms with E-state index in [0.29, 0.717) is 13.1 Å². The van der Waals surface area contributed by atoms with Gasteiger partial charge >= 0.3 is 0 Å². The molecular weight excluding hydrogens is 231 g/mol. The SMILES string of the molecule is Nc1ccc(F)cc1S(=O)(=O)N1CCCC1. The fraction of sp³-hybridized carbons (Fsp3) is 0.400. The molecule has 0 aromatic heterocycles. The summed E-state index contributed by atoms with van der Waals surface area (Å²) in [4.78, 5) is -0.130. The number of halogens is 1. The highest BCUT2D eigenvalue weighted by atomic mass is 32.2. The summed E-state index contributed by atoms with van der Waals surface area (Å²) in [6, 6.07) is 3.40. The van der Waals surface area contributed by atoms with Gasteiger partial charge in [0.15, 0.2) is 0 Å². The minimum absolute atomic E-state index is 0.0910. The summed E-state index contributed by atoms with van der Waals surface area (Å²) < 4.78 is 38.5. The van der Waals surface area contributed by atoms with E-state index in [1.807, 2.05) is 0 Å². The van der Waals surface area contributed by atoms with Crippen LogP contribution in [0.4, 0.5) is 10.1 Å². The van der Waals surface area contributed by atoms with Crippen molar-refractivity contribution in [3.63, 3.8) is 0 Å². The maximum atomic E-state index is 13.0. The van der Waals surface area contributed by atoms with Gasteiger partial charge in [-0.3, -0.25) is 0 Å². The Morgan fingerprint density at radius 3 is 2.50 bits per heavy atom. The van der Waals surface area contributed by atoms with Crippen molar-refractivity contribution in [3.8, 4) is 0 Å². The number of anilines is 1. The van der Waals surface area contributed by atoms with Gasteiger partial charge in [-0.1, -0.05) is 0 Å². The fourth-order valence-electron chi connectivity index (χ4n) is 1.80. The Hall–Kier alpha value is -1.14. The van der Waals surface area contributed by atoms with Crippen molar-refractivity contribution < 1.29 is 12.8 Å². The number of rotatable bonds is 2. The minimum Gasteiger partial charge on any atom is -0.398 e. The quantitative estimate of drug-likeness (QED) is 0.795. The third-order valence-electron chi connectivity index (χ3n) is 2.66. The van der Waals surface area contributed by atoms with Crippen LogP contribution >= 0.6 is 0 Å². The van der Waals surface area contributed by atoms with E-state index in [-0.39, 0.29) is 10.6 Å². The molecule has 1 aliphatic rings. The maximum Gasteiger partial charge on any atom is 0.245 e. The van der Waals surface area contributed by atoms with E-state index in [2.05, 4.69) is 0 Å². The van der Waals surface area contributed by atoms with Gasteiger partial charge in [0.1, 0.15) is 10.7 Å². The number of nitrogens with zero attached hydrogens (tertiary/aromatic N) is 1. The average Bonchev–Trinajstić information content (AvgIpc) is 2.75. The van der Waals surface area contributed by atoms with Gasteiger partial charge in [0.05, 0.1) is 5.69 Å². The van der Waals surface area contributed by atoms with Crippen molar-refractivity contribution in [1.82, 2.24) is 4.31 Å². The first-order valence-electron chi connectivity index (χ1n) is 5.07. The third-order valence-corrected chi connectivity index (χ3v) is 4.61. The van der Waals surface area contributed by atoms with Crippen LogP contribution < -0.4 is 5.73 Å². The van der Waals surface area contributed by atoms with E-state index >= 15 is 0 Å². The first-order chi connectivity index (χ1) is 7.51. The number of hydrogen-bond donors (Lipinski definition) is 1. The van der Waals surface area contributed by atoms with E-state index < -0.39 is 15.8 Å². The van der Waals surface area contributed by atoms with Crippen molar-refractivity contribution in [2.24, 2.45) is 0 Å². The molecule has 0 bridgehead atoms. The van der Waals surface area contributed by atoms with E-state index in [1.165, 1.54) is 10.4 Å². The molecule has 0 aliphatic carbocycles. The molecule has 0 saturated carbocycles. The van der Waals surface area contributed by atoms with Crippen molar-refractivity contribution >= 4 is 15.7 Å². The summed E-state index contributed by atoms with van der Waals surface area (Å²) in [5.41, 5.74) is 5.66. The molecule has 1 aromatic carbocycles. The van der Waals surface area contributed by atoms with Crippen LogP contribution in [-0.2, 0) is 10.0 Å². The number of hydrogen-bond acceptors (Lipinski definition) is 3. The lowest BCUT2D eigenvalue weighted by molar-refractivity contribution is 0.477. The molecule has 88 valence electrons. The highest BCUT2D eigenvalue weighted by Gasteiger charge is 2.29. The van der Waals surface area contributed by atoms with Gasteiger partial charge in [-0.2, -0.15) is 4.31 Å². The Bertz CT molecular complexity index is 496. The molecule has 4 nitrogen and oxygen atoms in total. The van der Waals surface area contributed by atoms with Crippen molar-refractivity contribution in [2.75, 3.05) is 18.8 Å². The zero-order valence-electron chi connectivity index (χ0n) is 8.69. The van der Waals surface area contributed by atoms with Crippen molar-refractivity contribution in [3.05, 3.63) is 24.0 Å². The highest BCUT2D eigenvalue weighted by molar-refractivity contribution is 7.89. The normalized spacial score (nSPS) is 17.8. The summed E-state index contributed by atoms with van der Waals surface area (Å²) in [5, 5.41) is 0. The summed E-state index contributed by atoms with van der Waals surface area (Å²) >= 11 is 0. The Kier molecular flexibility index (Phi) is 2.86. The molecule has 2 N–H and O–H groups in total. The van der Waals surface area contributed by atoms with Crippen LogP contribution in [0.1, 0.15) is 12.8 Å². The molecule has 0 spiro atoms. The maximum absolute atomic E-state index is 13.0. The first kappa shape index (κ1) is 11.3. The minimum atomic E-state index is -3.62. The lowest BCUT2D eigenvalue weighted by atomic mass is 10.3. The summed E-state index contributed by atoms with van der Waals surface area (Å²) in [5.74, 6) is -0.591. The third kappa shape index (κ3) is 1.90. The number of nitrogens with two attached hydrogens (primary N) is 1. The molecule has 0 amide bonds. The molecule has 1 aromatic rings. The van der Waals surface area contributed by atoms with E-state index in [1.54, 1.807) is 0 Å². The van der Waals surface area contributed by atoms with Gasteiger partial charge in [-0.15, -0.1) is 0 Å². The van der Waals surface area contributed by atoms with Gasteiger partial charge in [-0.05, 0) is 31.0 Å². The van der Waals surface area contributed by atoms with Gasteiger partial charge in [0.2, 0.25) is 10.0 Å². The van der Waals surface area contributed by atoms with Crippen LogP contribution in [0.25, 0.3) is 0 Å². The lowest BCUT2D eigenvalue weighted by Gasteiger charge is -2.16. The van der Waals surface area contributed by atoms with E-state index in [4.69, 9.17) is 5.73 Å². The number of sulfonamides is 1. The monoisotopic (exact) mass is 244 g/mol. The predicted molar refractivity (Wildman–Crippen MR) is 58.8 cm³/mol. The fourth-order valence-corrected chi connectivity index (χ4v) is 3.44. The first-order valence-corrected chi connectivity index (χ1v) is 6.51. The molecule has 1 saturated heterocycles. The average molecular weight is 244 g/mol. The van der Waals surface area contributed by atoms with Gasteiger partial charge in [-0.25, -0.2) is 12.8 Å². The molecular formula is C10H13FN2O2S. The second-order valence-electron chi connectivity index (χ2n) is 3.79. The highest BCUT2D eigenvalue weighted by Crippen LogP contribution is 2.25. The smallest absolute Gasteiger partial charge is 0.245 e. The topological polar surface area (TPSA) is 63.4 Å². The van der Waals surface area contributed by atoms with E-state index in [9.17, 15) is 12.8 Å². The number of benzene rings is 1. The van der Waals surface area contributed by atoms with Crippen molar-refractivity contribution in [2.45, 2.75) is 17.7 Å². The molecule has 0 radical (unpaired) electrons. The molecule has 0 atom stereocenters. The second kappa shape index (κ2) is 4.03. The lowest BCUT2D eigenvalue weighted by Crippen LogP contribution is -2.28. The van der Waals surface area contributed by atoms with Crippen LogP contribution in [0, 0.1) is 5.82 Å². The van der Waals surface area contributed by atoms with Crippen LogP contribution in [0.5, 0.6) is 0 Å². The zero-order chi connectivity index (χ0) is 11.8. The van der Waals surface area contributed by atoms with Crippen LogP contribution in [0.15, 0.2) is 23.1 Å². The Labute approximate surface area is 93.9 Å². The van der Waals surface area contributed by atoms with Gasteiger partial charge in [0, 0.05) is 13.1 Å². The molecule has 0 unspecified atom stereocenters. The Morgan fingerprint density at radius 2 is 1.88 bits per heavy atom. The molecule has 16 heavy (non-hydrogen) atoms. The van der Waals surface area contributed by atoms with Gasteiger partial charge in [0.25, 0.3) is 0 Å². The van der Waals surface area contributed by atoms with E-state index in [0.717, 1.165) is 25.0 Å². The zero-order valence-corrected chi connectivity index (χ0v) is 9.50. The molecule has 1 aliphatic heterocycles. The van der Waals surface area contributed by atoms with Crippen LogP contribution in [0.2, 0.25) is 0 Å². The van der Waals surface area contributed by atoms with Crippen LogP contribution in [0.3, 0.4) is 0 Å². The molecule has 1 heterocycles. The van der Waals surface area contributed by atoms with Crippen molar-refractivity contribution in [1.29, 1.82) is 0 Å². The molecule has 1 fully saturated rings. The Balaban J connectivity index is 2.46. The predicted octanol–water partition coefficient (Wildman–Crippen LogP) is 1.19. The summed E-state index contributed by atoms with van der Waals surface area (Å²) in [6.07, 6.45) is 1.68. The molecule has 6 heteroatoms. The van der Waals surface area contributed by atoms with Crippen LogP contribution in [-0.4, -0.2) is 25.8 Å². The summed E-state index contributed by atoms with van der Waals surface area (Å²) in [6.45, 7) is 0.969.